The maximum atomic E-state index is 12.8. The first-order valence-electron chi connectivity index (χ1n) is 5.97. The average molecular weight is 277 g/mol. The molecule has 0 aliphatic carbocycles. The summed E-state index contributed by atoms with van der Waals surface area (Å²) < 4.78 is 38.4. The summed E-state index contributed by atoms with van der Waals surface area (Å²) in [5, 5.41) is 0.561. The largest absolute Gasteiger partial charge is 0.393 e. The zero-order valence-electron chi connectivity index (χ0n) is 10.3. The average Bonchev–Trinajstić information content (AvgIpc) is 2.77. The van der Waals surface area contributed by atoms with E-state index in [1.54, 1.807) is 24.3 Å². The molecule has 2 aromatic heterocycles. The summed E-state index contributed by atoms with van der Waals surface area (Å²) in [6.07, 6.45) is -0.886. The lowest BCUT2D eigenvalue weighted by Crippen LogP contribution is -2.12. The Bertz CT molecular complexity index is 732. The molecule has 0 amide bonds. The normalized spacial score (nSPS) is 11.9. The Morgan fingerprint density at radius 1 is 1.10 bits per heavy atom. The number of hydrogen-bond donors (Lipinski definition) is 1. The van der Waals surface area contributed by atoms with Gasteiger partial charge in [0.25, 0.3) is 0 Å². The first kappa shape index (κ1) is 12.7. The SMILES string of the molecule is FC(F)(F)Cc1c(-c2cnccn2)[nH]c2ccccc12. The van der Waals surface area contributed by atoms with Gasteiger partial charge >= 0.3 is 6.18 Å². The Morgan fingerprint density at radius 2 is 1.90 bits per heavy atom. The first-order chi connectivity index (χ1) is 9.54. The molecule has 6 heteroatoms. The molecule has 20 heavy (non-hydrogen) atoms. The van der Waals surface area contributed by atoms with E-state index in [0.29, 0.717) is 22.3 Å². The molecule has 0 atom stereocenters. The van der Waals surface area contributed by atoms with E-state index < -0.39 is 12.6 Å². The van der Waals surface area contributed by atoms with Crippen LogP contribution in [-0.2, 0) is 6.42 Å². The molecule has 102 valence electrons. The minimum absolute atomic E-state index is 0.202. The van der Waals surface area contributed by atoms with E-state index in [2.05, 4.69) is 15.0 Å². The molecule has 0 bridgehead atoms. The Labute approximate surface area is 112 Å². The van der Waals surface area contributed by atoms with E-state index in [4.69, 9.17) is 0 Å². The number of nitrogens with zero attached hydrogens (tertiary/aromatic N) is 2. The molecule has 0 radical (unpaired) electrons. The van der Waals surface area contributed by atoms with Crippen molar-refractivity contribution in [3.63, 3.8) is 0 Å². The number of aromatic nitrogens is 3. The van der Waals surface area contributed by atoms with Gasteiger partial charge in [0.15, 0.2) is 0 Å². The summed E-state index contributed by atoms with van der Waals surface area (Å²) in [5.41, 5.74) is 1.64. The van der Waals surface area contributed by atoms with Gasteiger partial charge in [-0.2, -0.15) is 13.2 Å². The molecular formula is C14H10F3N3. The minimum Gasteiger partial charge on any atom is -0.353 e. The molecule has 0 fully saturated rings. The monoisotopic (exact) mass is 277 g/mol. The van der Waals surface area contributed by atoms with Crippen LogP contribution in [0.5, 0.6) is 0 Å². The Kier molecular flexibility index (Phi) is 2.93. The lowest BCUT2D eigenvalue weighted by atomic mass is 10.1. The van der Waals surface area contributed by atoms with Crippen LogP contribution in [0.3, 0.4) is 0 Å². The highest BCUT2D eigenvalue weighted by molar-refractivity contribution is 5.90. The maximum absolute atomic E-state index is 12.8. The lowest BCUT2D eigenvalue weighted by Gasteiger charge is -2.07. The number of fused-ring (bicyclic) bond motifs is 1. The van der Waals surface area contributed by atoms with Crippen molar-refractivity contribution in [3.05, 3.63) is 48.4 Å². The molecule has 0 spiro atoms. The topological polar surface area (TPSA) is 41.6 Å². The number of benzene rings is 1. The van der Waals surface area contributed by atoms with Gasteiger partial charge in [0.2, 0.25) is 0 Å². The third-order valence-electron chi connectivity index (χ3n) is 3.01. The van der Waals surface area contributed by atoms with Crippen LogP contribution in [-0.4, -0.2) is 21.1 Å². The number of alkyl halides is 3. The van der Waals surface area contributed by atoms with Gasteiger partial charge < -0.3 is 4.98 Å². The third kappa shape index (κ3) is 2.36. The fraction of sp³-hybridized carbons (Fsp3) is 0.143. The summed E-state index contributed by atoms with van der Waals surface area (Å²) in [5.74, 6) is 0. The zero-order valence-corrected chi connectivity index (χ0v) is 10.3. The van der Waals surface area contributed by atoms with Crippen LogP contribution < -0.4 is 0 Å². The quantitative estimate of drug-likeness (QED) is 0.775. The van der Waals surface area contributed by atoms with Crippen molar-refractivity contribution >= 4 is 10.9 Å². The molecule has 3 nitrogen and oxygen atoms in total. The van der Waals surface area contributed by atoms with Crippen molar-refractivity contribution in [2.24, 2.45) is 0 Å². The number of hydrogen-bond acceptors (Lipinski definition) is 2. The molecule has 0 saturated carbocycles. The number of para-hydroxylation sites is 1. The second-order valence-corrected chi connectivity index (χ2v) is 4.41. The van der Waals surface area contributed by atoms with Crippen molar-refractivity contribution in [2.45, 2.75) is 12.6 Å². The molecule has 1 N–H and O–H groups in total. The van der Waals surface area contributed by atoms with Crippen LogP contribution in [0, 0.1) is 0 Å². The Balaban J connectivity index is 2.23. The lowest BCUT2D eigenvalue weighted by molar-refractivity contribution is -0.126. The highest BCUT2D eigenvalue weighted by atomic mass is 19.4. The summed E-state index contributed by atoms with van der Waals surface area (Å²) in [4.78, 5) is 11.0. The van der Waals surface area contributed by atoms with E-state index in [0.717, 1.165) is 0 Å². The molecule has 2 heterocycles. The van der Waals surface area contributed by atoms with Crippen LogP contribution in [0.25, 0.3) is 22.3 Å². The smallest absolute Gasteiger partial charge is 0.353 e. The van der Waals surface area contributed by atoms with Crippen LogP contribution in [0.4, 0.5) is 13.2 Å². The molecule has 0 aliphatic heterocycles. The summed E-state index contributed by atoms with van der Waals surface area (Å²) in [6.45, 7) is 0. The second-order valence-electron chi connectivity index (χ2n) is 4.41. The van der Waals surface area contributed by atoms with E-state index in [9.17, 15) is 13.2 Å². The van der Waals surface area contributed by atoms with Gasteiger partial charge in [-0.1, -0.05) is 18.2 Å². The van der Waals surface area contributed by atoms with E-state index in [1.807, 2.05) is 0 Å². The molecule has 3 aromatic rings. The van der Waals surface area contributed by atoms with Crippen molar-refractivity contribution in [1.82, 2.24) is 15.0 Å². The third-order valence-corrected chi connectivity index (χ3v) is 3.01. The zero-order chi connectivity index (χ0) is 14.2. The van der Waals surface area contributed by atoms with Gasteiger partial charge in [-0.25, -0.2) is 0 Å². The summed E-state index contributed by atoms with van der Waals surface area (Å²) >= 11 is 0. The van der Waals surface area contributed by atoms with Crippen LogP contribution >= 0.6 is 0 Å². The van der Waals surface area contributed by atoms with Crippen LogP contribution in [0.15, 0.2) is 42.9 Å². The van der Waals surface area contributed by atoms with E-state index in [-0.39, 0.29) is 5.56 Å². The fourth-order valence-electron chi connectivity index (χ4n) is 2.23. The highest BCUT2D eigenvalue weighted by Crippen LogP contribution is 2.33. The van der Waals surface area contributed by atoms with Gasteiger partial charge in [0, 0.05) is 23.3 Å². The van der Waals surface area contributed by atoms with E-state index >= 15 is 0 Å². The molecule has 0 aliphatic rings. The molecule has 0 saturated heterocycles. The molecular weight excluding hydrogens is 267 g/mol. The van der Waals surface area contributed by atoms with Crippen LogP contribution in [0.2, 0.25) is 0 Å². The summed E-state index contributed by atoms with van der Waals surface area (Å²) in [6, 6.07) is 6.91. The van der Waals surface area contributed by atoms with Gasteiger partial charge in [-0.3, -0.25) is 9.97 Å². The molecule has 3 rings (SSSR count). The van der Waals surface area contributed by atoms with E-state index in [1.165, 1.54) is 18.6 Å². The van der Waals surface area contributed by atoms with Gasteiger partial charge in [-0.15, -0.1) is 0 Å². The van der Waals surface area contributed by atoms with Gasteiger partial charge in [0.05, 0.1) is 18.3 Å². The highest BCUT2D eigenvalue weighted by Gasteiger charge is 2.31. The summed E-state index contributed by atoms with van der Waals surface area (Å²) in [7, 11) is 0. The number of H-pyrrole nitrogens is 1. The van der Waals surface area contributed by atoms with Crippen molar-refractivity contribution < 1.29 is 13.2 Å². The van der Waals surface area contributed by atoms with Gasteiger partial charge in [0.1, 0.15) is 5.69 Å². The number of rotatable bonds is 2. The van der Waals surface area contributed by atoms with Crippen molar-refractivity contribution in [2.75, 3.05) is 0 Å². The van der Waals surface area contributed by atoms with Gasteiger partial charge in [-0.05, 0) is 11.6 Å². The standard InChI is InChI=1S/C14H10F3N3/c15-14(16,17)7-10-9-3-1-2-4-11(9)20-13(10)12-8-18-5-6-19-12/h1-6,8,20H,7H2. The number of nitrogens with one attached hydrogen (secondary N) is 1. The molecule has 0 unspecified atom stereocenters. The van der Waals surface area contributed by atoms with Crippen molar-refractivity contribution in [1.29, 1.82) is 0 Å². The Morgan fingerprint density at radius 3 is 2.60 bits per heavy atom. The first-order valence-corrected chi connectivity index (χ1v) is 5.97. The Hall–Kier alpha value is -2.37. The number of halogens is 3. The maximum Gasteiger partial charge on any atom is 0.393 e. The fourth-order valence-corrected chi connectivity index (χ4v) is 2.23. The minimum atomic E-state index is -4.28. The van der Waals surface area contributed by atoms with Crippen molar-refractivity contribution in [3.8, 4) is 11.4 Å². The predicted octanol–water partition coefficient (Wildman–Crippen LogP) is 3.73. The predicted molar refractivity (Wildman–Crippen MR) is 69.1 cm³/mol. The second kappa shape index (κ2) is 4.63. The number of aromatic amines is 1. The van der Waals surface area contributed by atoms with Crippen LogP contribution in [0.1, 0.15) is 5.56 Å². The molecule has 1 aromatic carbocycles.